The molecule has 0 aliphatic rings. The summed E-state index contributed by atoms with van der Waals surface area (Å²) in [6.45, 7) is 0. The van der Waals surface area contributed by atoms with E-state index < -0.39 is 21.3 Å². The van der Waals surface area contributed by atoms with Crippen LogP contribution in [0, 0.1) is 27.3 Å². The van der Waals surface area contributed by atoms with Gasteiger partial charge in [-0.2, -0.15) is 5.26 Å². The number of rotatable bonds is 1. The first-order valence-corrected chi connectivity index (χ1v) is 3.58. The van der Waals surface area contributed by atoms with E-state index in [2.05, 4.69) is 12.6 Å². The van der Waals surface area contributed by atoms with Crippen LogP contribution in [0.25, 0.3) is 0 Å². The molecule has 0 amide bonds. The van der Waals surface area contributed by atoms with Crippen molar-refractivity contribution in [1.82, 2.24) is 0 Å². The summed E-state index contributed by atoms with van der Waals surface area (Å²) in [6.07, 6.45) is 0. The van der Waals surface area contributed by atoms with Crippen molar-refractivity contribution in [1.29, 1.82) is 5.26 Å². The average Bonchev–Trinajstić information content (AvgIpc) is 2.09. The van der Waals surface area contributed by atoms with Crippen LogP contribution in [-0.4, -0.2) is 4.92 Å². The Hall–Kier alpha value is -1.61. The molecule has 0 saturated heterocycles. The van der Waals surface area contributed by atoms with Gasteiger partial charge in [-0.1, -0.05) is 0 Å². The summed E-state index contributed by atoms with van der Waals surface area (Å²) in [6, 6.07) is 3.65. The molecule has 0 aliphatic heterocycles. The lowest BCUT2D eigenvalue weighted by atomic mass is 10.2. The van der Waals surface area contributed by atoms with Gasteiger partial charge in [0.1, 0.15) is 11.0 Å². The maximum absolute atomic E-state index is 13.0. The molecule has 0 aromatic heterocycles. The second-order valence-electron chi connectivity index (χ2n) is 2.16. The third-order valence-electron chi connectivity index (χ3n) is 1.41. The molecule has 66 valence electrons. The van der Waals surface area contributed by atoms with Crippen LogP contribution in [0.15, 0.2) is 17.0 Å². The molecule has 6 heteroatoms. The van der Waals surface area contributed by atoms with Crippen LogP contribution >= 0.6 is 12.6 Å². The molecular formula is C7H3FN2O2S. The molecule has 1 rings (SSSR count). The molecule has 0 atom stereocenters. The summed E-state index contributed by atoms with van der Waals surface area (Å²) in [5.74, 6) is -0.958. The summed E-state index contributed by atoms with van der Waals surface area (Å²) in [4.78, 5) is 9.11. The van der Waals surface area contributed by atoms with Crippen molar-refractivity contribution in [2.75, 3.05) is 0 Å². The first-order chi connectivity index (χ1) is 6.07. The van der Waals surface area contributed by atoms with Gasteiger partial charge in [-0.3, -0.25) is 10.1 Å². The van der Waals surface area contributed by atoms with Gasteiger partial charge in [0.05, 0.1) is 10.5 Å². The van der Waals surface area contributed by atoms with Crippen molar-refractivity contribution in [2.24, 2.45) is 0 Å². The predicted molar refractivity (Wildman–Crippen MR) is 45.0 cm³/mol. The minimum absolute atomic E-state index is 0.254. The molecule has 1 aromatic rings. The summed E-state index contributed by atoms with van der Waals surface area (Å²) < 4.78 is 13.0. The second-order valence-corrected chi connectivity index (χ2v) is 2.61. The Labute approximate surface area is 78.2 Å². The minimum atomic E-state index is -0.958. The first-order valence-electron chi connectivity index (χ1n) is 3.14. The molecule has 0 heterocycles. The standard InChI is InChI=1S/C7H3FN2O2S/c8-6-4(3-9)1-2-5(7(6)13)10(11)12/h1-2,13H. The van der Waals surface area contributed by atoms with Crippen LogP contribution in [0.5, 0.6) is 0 Å². The summed E-state index contributed by atoms with van der Waals surface area (Å²) >= 11 is 3.61. The lowest BCUT2D eigenvalue weighted by molar-refractivity contribution is -0.388. The van der Waals surface area contributed by atoms with Gasteiger partial charge in [0, 0.05) is 6.07 Å². The molecule has 4 nitrogen and oxygen atoms in total. The van der Waals surface area contributed by atoms with Crippen LogP contribution < -0.4 is 0 Å². The van der Waals surface area contributed by atoms with Gasteiger partial charge < -0.3 is 0 Å². The van der Waals surface area contributed by atoms with Crippen LogP contribution in [0.2, 0.25) is 0 Å². The Kier molecular flexibility index (Phi) is 2.49. The molecule has 0 bridgehead atoms. The number of benzene rings is 1. The topological polar surface area (TPSA) is 66.9 Å². The van der Waals surface area contributed by atoms with Crippen LogP contribution in [-0.2, 0) is 0 Å². The zero-order valence-corrected chi connectivity index (χ0v) is 7.09. The number of nitrogens with zero attached hydrogens (tertiary/aromatic N) is 2. The van der Waals surface area contributed by atoms with Gasteiger partial charge in [0.2, 0.25) is 0 Å². The Bertz CT molecular complexity index is 414. The largest absolute Gasteiger partial charge is 0.285 e. The fourth-order valence-electron chi connectivity index (χ4n) is 0.788. The van der Waals surface area contributed by atoms with Crippen LogP contribution in [0.1, 0.15) is 5.56 Å². The maximum atomic E-state index is 13.0. The lowest BCUT2D eigenvalue weighted by Gasteiger charge is -1.98. The monoisotopic (exact) mass is 198 g/mol. The molecule has 0 radical (unpaired) electrons. The minimum Gasteiger partial charge on any atom is -0.258 e. The zero-order chi connectivity index (χ0) is 10.0. The van der Waals surface area contributed by atoms with E-state index >= 15 is 0 Å². The Balaban J connectivity index is 3.42. The summed E-state index contributed by atoms with van der Waals surface area (Å²) in [5, 5.41) is 18.7. The third kappa shape index (κ3) is 1.60. The Morgan fingerprint density at radius 2 is 2.23 bits per heavy atom. The molecular weight excluding hydrogens is 195 g/mol. The van der Waals surface area contributed by atoms with Crippen molar-refractivity contribution in [3.8, 4) is 6.07 Å². The molecule has 0 saturated carbocycles. The lowest BCUT2D eigenvalue weighted by Crippen LogP contribution is -1.94. The fourth-order valence-corrected chi connectivity index (χ4v) is 1.06. The Morgan fingerprint density at radius 3 is 2.69 bits per heavy atom. The summed E-state index contributed by atoms with van der Waals surface area (Å²) in [7, 11) is 0. The van der Waals surface area contributed by atoms with E-state index in [0.29, 0.717) is 0 Å². The number of hydrogen-bond acceptors (Lipinski definition) is 4. The van der Waals surface area contributed by atoms with Crippen molar-refractivity contribution >= 4 is 18.3 Å². The molecule has 0 N–H and O–H groups in total. The van der Waals surface area contributed by atoms with Crippen molar-refractivity contribution in [2.45, 2.75) is 4.90 Å². The van der Waals surface area contributed by atoms with E-state index in [4.69, 9.17) is 5.26 Å². The molecule has 0 spiro atoms. The Morgan fingerprint density at radius 1 is 1.62 bits per heavy atom. The molecule has 0 aliphatic carbocycles. The van der Waals surface area contributed by atoms with E-state index in [1.165, 1.54) is 0 Å². The van der Waals surface area contributed by atoms with Gasteiger partial charge >= 0.3 is 0 Å². The normalized spacial score (nSPS) is 9.31. The van der Waals surface area contributed by atoms with E-state index in [-0.39, 0.29) is 5.56 Å². The molecule has 0 fully saturated rings. The number of thiol groups is 1. The zero-order valence-electron chi connectivity index (χ0n) is 6.19. The van der Waals surface area contributed by atoms with Crippen molar-refractivity contribution in [3.63, 3.8) is 0 Å². The maximum Gasteiger partial charge on any atom is 0.285 e. The highest BCUT2D eigenvalue weighted by molar-refractivity contribution is 7.80. The first kappa shape index (κ1) is 9.48. The number of nitro groups is 1. The molecule has 1 aromatic carbocycles. The van der Waals surface area contributed by atoms with Gasteiger partial charge in [-0.25, -0.2) is 4.39 Å². The quantitative estimate of drug-likeness (QED) is 0.425. The van der Waals surface area contributed by atoms with Crippen LogP contribution in [0.3, 0.4) is 0 Å². The highest BCUT2D eigenvalue weighted by Crippen LogP contribution is 2.26. The van der Waals surface area contributed by atoms with Gasteiger partial charge in [-0.15, -0.1) is 12.6 Å². The average molecular weight is 198 g/mol. The fraction of sp³-hybridized carbons (Fsp3) is 0. The number of nitro benzene ring substituents is 1. The van der Waals surface area contributed by atoms with Crippen molar-refractivity contribution in [3.05, 3.63) is 33.6 Å². The highest BCUT2D eigenvalue weighted by atomic mass is 32.1. The smallest absolute Gasteiger partial charge is 0.258 e. The van der Waals surface area contributed by atoms with Crippen LogP contribution in [0.4, 0.5) is 10.1 Å². The van der Waals surface area contributed by atoms with E-state index in [9.17, 15) is 14.5 Å². The van der Waals surface area contributed by atoms with E-state index in [1.807, 2.05) is 0 Å². The third-order valence-corrected chi connectivity index (χ3v) is 1.84. The SMILES string of the molecule is N#Cc1ccc([N+](=O)[O-])c(S)c1F. The molecule has 0 unspecified atom stereocenters. The summed E-state index contributed by atoms with van der Waals surface area (Å²) in [5.41, 5.74) is -0.699. The predicted octanol–water partition coefficient (Wildman–Crippen LogP) is 1.89. The molecule has 13 heavy (non-hydrogen) atoms. The van der Waals surface area contributed by atoms with Gasteiger partial charge in [0.25, 0.3) is 5.69 Å². The second kappa shape index (κ2) is 3.41. The number of halogens is 1. The number of nitriles is 1. The van der Waals surface area contributed by atoms with E-state index in [1.54, 1.807) is 6.07 Å². The van der Waals surface area contributed by atoms with Crippen molar-refractivity contribution < 1.29 is 9.31 Å². The van der Waals surface area contributed by atoms with E-state index in [0.717, 1.165) is 12.1 Å². The van der Waals surface area contributed by atoms with Gasteiger partial charge in [0.15, 0.2) is 5.82 Å². The number of hydrogen-bond donors (Lipinski definition) is 1. The van der Waals surface area contributed by atoms with Gasteiger partial charge in [-0.05, 0) is 6.07 Å². The highest BCUT2D eigenvalue weighted by Gasteiger charge is 2.17.